The summed E-state index contributed by atoms with van der Waals surface area (Å²) in [7, 11) is 0. The fourth-order valence-corrected chi connectivity index (χ4v) is 2.78. The van der Waals surface area contributed by atoms with Gasteiger partial charge in [-0.1, -0.05) is 24.3 Å². The van der Waals surface area contributed by atoms with E-state index in [1.54, 1.807) is 41.8 Å². The number of carboxylic acid groups (broad SMARTS) is 1. The first-order valence-corrected chi connectivity index (χ1v) is 6.94. The second-order valence-corrected chi connectivity index (χ2v) is 5.29. The van der Waals surface area contributed by atoms with Crippen molar-refractivity contribution in [1.29, 1.82) is 0 Å². The maximum atomic E-state index is 12.5. The Bertz CT molecular complexity index is 909. The molecule has 5 nitrogen and oxygen atoms in total. The van der Waals surface area contributed by atoms with Crippen LogP contribution in [-0.4, -0.2) is 21.6 Å². The molecule has 1 N–H and O–H groups in total. The van der Waals surface area contributed by atoms with Gasteiger partial charge in [-0.25, -0.2) is 9.36 Å². The average molecular weight is 299 g/mol. The highest BCUT2D eigenvalue weighted by atomic mass is 32.1. The number of thiophene rings is 1. The van der Waals surface area contributed by atoms with Crippen LogP contribution >= 0.6 is 11.3 Å². The minimum atomic E-state index is -1.35. The Morgan fingerprint density at radius 2 is 1.86 bits per heavy atom. The molecule has 2 aromatic heterocycles. The molecule has 1 aromatic carbocycles. The third-order valence-electron chi connectivity index (χ3n) is 3.08. The first kappa shape index (κ1) is 13.3. The van der Waals surface area contributed by atoms with Crippen molar-refractivity contribution in [2.24, 2.45) is 0 Å². The Kier molecular flexibility index (Phi) is 3.15. The molecule has 0 amide bonds. The van der Waals surface area contributed by atoms with E-state index in [-0.39, 0.29) is 0 Å². The van der Waals surface area contributed by atoms with E-state index in [0.717, 1.165) is 4.57 Å². The lowest BCUT2D eigenvalue weighted by Crippen LogP contribution is -2.31. The van der Waals surface area contributed by atoms with Crippen LogP contribution in [0.3, 0.4) is 0 Å². The number of pyridine rings is 1. The average Bonchev–Trinajstić information content (AvgIpc) is 3.00. The van der Waals surface area contributed by atoms with Crippen molar-refractivity contribution in [2.75, 3.05) is 0 Å². The van der Waals surface area contributed by atoms with Crippen LogP contribution in [0.15, 0.2) is 52.6 Å². The Labute approximate surface area is 122 Å². The Morgan fingerprint density at radius 1 is 1.10 bits per heavy atom. The van der Waals surface area contributed by atoms with Gasteiger partial charge in [0.2, 0.25) is 0 Å². The normalized spacial score (nSPS) is 10.7. The molecule has 0 aliphatic heterocycles. The van der Waals surface area contributed by atoms with Gasteiger partial charge in [-0.05, 0) is 29.0 Å². The van der Waals surface area contributed by atoms with Gasteiger partial charge in [-0.15, -0.1) is 11.3 Å². The van der Waals surface area contributed by atoms with E-state index in [9.17, 15) is 14.4 Å². The Balaban J connectivity index is 2.39. The smallest absolute Gasteiger partial charge is 0.341 e. The minimum Gasteiger partial charge on any atom is -0.477 e. The SMILES string of the molecule is O=C(O)c1cc2ccccc2n(C(=O)c2cccs2)c1=O. The van der Waals surface area contributed by atoms with Gasteiger partial charge in [-0.3, -0.25) is 9.59 Å². The van der Waals surface area contributed by atoms with Crippen LogP contribution in [0.4, 0.5) is 0 Å². The summed E-state index contributed by atoms with van der Waals surface area (Å²) in [5.74, 6) is -1.87. The van der Waals surface area contributed by atoms with E-state index in [1.807, 2.05) is 0 Å². The molecular formula is C15H9NO4S. The minimum absolute atomic E-state index is 0.379. The summed E-state index contributed by atoms with van der Waals surface area (Å²) < 4.78 is 0.921. The van der Waals surface area contributed by atoms with E-state index in [0.29, 0.717) is 15.8 Å². The predicted molar refractivity (Wildman–Crippen MR) is 79.2 cm³/mol. The molecule has 21 heavy (non-hydrogen) atoms. The molecule has 3 rings (SSSR count). The predicted octanol–water partition coefficient (Wildman–Crippen LogP) is 2.45. The van der Waals surface area contributed by atoms with Gasteiger partial charge in [0.15, 0.2) is 0 Å². The fraction of sp³-hybridized carbons (Fsp3) is 0. The summed E-state index contributed by atoms with van der Waals surface area (Å²) in [4.78, 5) is 36.4. The lowest BCUT2D eigenvalue weighted by molar-refractivity contribution is 0.0695. The highest BCUT2D eigenvalue weighted by molar-refractivity contribution is 7.12. The van der Waals surface area contributed by atoms with E-state index in [4.69, 9.17) is 5.11 Å². The van der Waals surface area contributed by atoms with E-state index in [1.165, 1.54) is 17.4 Å². The second kappa shape index (κ2) is 4.99. The largest absolute Gasteiger partial charge is 0.477 e. The van der Waals surface area contributed by atoms with Gasteiger partial charge in [0.05, 0.1) is 10.4 Å². The molecule has 104 valence electrons. The van der Waals surface area contributed by atoms with E-state index >= 15 is 0 Å². The molecular weight excluding hydrogens is 290 g/mol. The number of carbonyl (C=O) groups excluding carboxylic acids is 1. The quantitative estimate of drug-likeness (QED) is 0.788. The molecule has 0 spiro atoms. The number of fused-ring (bicyclic) bond motifs is 1. The van der Waals surface area contributed by atoms with Crippen molar-refractivity contribution in [3.63, 3.8) is 0 Å². The zero-order valence-corrected chi connectivity index (χ0v) is 11.5. The number of hydrogen-bond donors (Lipinski definition) is 1. The lowest BCUT2D eigenvalue weighted by Gasteiger charge is -2.09. The van der Waals surface area contributed by atoms with Gasteiger partial charge in [0.25, 0.3) is 11.5 Å². The number of carbonyl (C=O) groups is 2. The van der Waals surface area contributed by atoms with Gasteiger partial charge in [0.1, 0.15) is 5.56 Å². The van der Waals surface area contributed by atoms with Crippen LogP contribution in [0, 0.1) is 0 Å². The molecule has 0 saturated carbocycles. The highest BCUT2D eigenvalue weighted by Gasteiger charge is 2.20. The summed E-state index contributed by atoms with van der Waals surface area (Å²) in [6, 6.07) is 11.3. The summed E-state index contributed by atoms with van der Waals surface area (Å²) in [6.07, 6.45) is 0. The van der Waals surface area contributed by atoms with Crippen LogP contribution < -0.4 is 5.56 Å². The van der Waals surface area contributed by atoms with Crippen molar-refractivity contribution in [2.45, 2.75) is 0 Å². The van der Waals surface area contributed by atoms with Crippen molar-refractivity contribution >= 4 is 34.1 Å². The molecule has 0 radical (unpaired) electrons. The number of aromatic carboxylic acids is 1. The van der Waals surface area contributed by atoms with Gasteiger partial charge in [0, 0.05) is 0 Å². The van der Waals surface area contributed by atoms with Gasteiger partial charge < -0.3 is 5.11 Å². The summed E-state index contributed by atoms with van der Waals surface area (Å²) >= 11 is 1.20. The summed E-state index contributed by atoms with van der Waals surface area (Å²) in [6.45, 7) is 0. The number of nitrogens with zero attached hydrogens (tertiary/aromatic N) is 1. The molecule has 0 aliphatic carbocycles. The van der Waals surface area contributed by atoms with Crippen LogP contribution in [0.25, 0.3) is 10.9 Å². The monoisotopic (exact) mass is 299 g/mol. The summed E-state index contributed by atoms with van der Waals surface area (Å²) in [5.41, 5.74) is -0.843. The molecule has 2 heterocycles. The zero-order valence-electron chi connectivity index (χ0n) is 10.6. The number of benzene rings is 1. The van der Waals surface area contributed by atoms with Crippen LogP contribution in [0.2, 0.25) is 0 Å². The Hall–Kier alpha value is -2.73. The number of hydrogen-bond acceptors (Lipinski definition) is 4. The molecule has 3 aromatic rings. The number of aromatic nitrogens is 1. The van der Waals surface area contributed by atoms with Gasteiger partial charge >= 0.3 is 5.97 Å². The molecule has 0 bridgehead atoms. The van der Waals surface area contributed by atoms with Crippen molar-refractivity contribution < 1.29 is 14.7 Å². The number of rotatable bonds is 2. The Morgan fingerprint density at radius 3 is 2.52 bits per heavy atom. The lowest BCUT2D eigenvalue weighted by atomic mass is 10.1. The summed E-state index contributed by atoms with van der Waals surface area (Å²) in [5, 5.41) is 11.4. The van der Waals surface area contributed by atoms with E-state index < -0.39 is 23.0 Å². The second-order valence-electron chi connectivity index (χ2n) is 4.34. The van der Waals surface area contributed by atoms with Crippen molar-refractivity contribution in [3.8, 4) is 0 Å². The highest BCUT2D eigenvalue weighted by Crippen LogP contribution is 2.17. The number of carboxylic acids is 1. The zero-order chi connectivity index (χ0) is 15.0. The first-order valence-electron chi connectivity index (χ1n) is 6.06. The molecule has 6 heteroatoms. The van der Waals surface area contributed by atoms with Crippen molar-refractivity contribution in [3.05, 3.63) is 68.6 Å². The van der Waals surface area contributed by atoms with Gasteiger partial charge in [-0.2, -0.15) is 0 Å². The molecule has 0 atom stereocenters. The van der Waals surface area contributed by atoms with E-state index in [2.05, 4.69) is 0 Å². The maximum Gasteiger partial charge on any atom is 0.341 e. The molecule has 0 fully saturated rings. The molecule has 0 aliphatic rings. The molecule has 0 saturated heterocycles. The first-order chi connectivity index (χ1) is 10.1. The maximum absolute atomic E-state index is 12.5. The van der Waals surface area contributed by atoms with Crippen molar-refractivity contribution in [1.82, 2.24) is 4.57 Å². The van der Waals surface area contributed by atoms with Crippen LogP contribution in [-0.2, 0) is 0 Å². The fourth-order valence-electron chi connectivity index (χ4n) is 2.13. The number of para-hydroxylation sites is 1. The molecule has 0 unspecified atom stereocenters. The standard InChI is InChI=1S/C15H9NO4S/c17-13-10(15(19)20)8-9-4-1-2-5-11(9)16(13)14(18)12-6-3-7-21-12/h1-8H,(H,19,20). The third kappa shape index (κ3) is 2.15. The third-order valence-corrected chi connectivity index (χ3v) is 3.93. The van der Waals surface area contributed by atoms with Crippen LogP contribution in [0.5, 0.6) is 0 Å². The van der Waals surface area contributed by atoms with Crippen LogP contribution in [0.1, 0.15) is 20.0 Å². The topological polar surface area (TPSA) is 76.4 Å².